The Morgan fingerprint density at radius 3 is 2.48 bits per heavy atom. The minimum absolute atomic E-state index is 0.0953. The Kier molecular flexibility index (Phi) is 7.06. The van der Waals surface area contributed by atoms with Crippen LogP contribution in [0.15, 0.2) is 24.3 Å². The van der Waals surface area contributed by atoms with E-state index in [-0.39, 0.29) is 11.8 Å². The second-order valence-corrected chi connectivity index (χ2v) is 6.02. The molecule has 6 heteroatoms. The van der Waals surface area contributed by atoms with Crippen molar-refractivity contribution < 1.29 is 23.1 Å². The van der Waals surface area contributed by atoms with Gasteiger partial charge in [-0.1, -0.05) is 32.0 Å². The number of carbonyl (C=O) groups is 1. The Hall–Kier alpha value is -1.56. The summed E-state index contributed by atoms with van der Waals surface area (Å²) < 4.78 is 38.4. The molecule has 0 bridgehead atoms. The largest absolute Gasteiger partial charge is 0.416 e. The maximum Gasteiger partial charge on any atom is 0.416 e. The molecule has 3 atom stereocenters. The van der Waals surface area contributed by atoms with Crippen molar-refractivity contribution in [1.29, 1.82) is 0 Å². The molecule has 0 spiro atoms. The topological polar surface area (TPSA) is 49.3 Å². The van der Waals surface area contributed by atoms with Gasteiger partial charge in [0.05, 0.1) is 17.6 Å². The first-order chi connectivity index (χ1) is 10.6. The summed E-state index contributed by atoms with van der Waals surface area (Å²) in [7, 11) is 0. The normalized spacial score (nSPS) is 15.8. The van der Waals surface area contributed by atoms with Crippen LogP contribution in [0.2, 0.25) is 0 Å². The fraction of sp³-hybridized carbons (Fsp3) is 0.588. The van der Waals surface area contributed by atoms with Crippen LogP contribution in [-0.2, 0) is 11.0 Å². The molecule has 130 valence electrons. The smallest absolute Gasteiger partial charge is 0.393 e. The summed E-state index contributed by atoms with van der Waals surface area (Å²) in [6.07, 6.45) is -3.90. The number of aliphatic hydroxyl groups is 1. The number of amides is 1. The van der Waals surface area contributed by atoms with Gasteiger partial charge in [0, 0.05) is 6.54 Å². The monoisotopic (exact) mass is 331 g/mol. The zero-order chi connectivity index (χ0) is 17.6. The van der Waals surface area contributed by atoms with Crippen molar-refractivity contribution in [2.45, 2.75) is 51.8 Å². The molecular formula is C17H24F3NO2. The van der Waals surface area contributed by atoms with Crippen LogP contribution in [-0.4, -0.2) is 23.7 Å². The van der Waals surface area contributed by atoms with Crippen LogP contribution in [0.5, 0.6) is 0 Å². The average Bonchev–Trinajstić information content (AvgIpc) is 2.44. The number of halogens is 3. The van der Waals surface area contributed by atoms with E-state index in [1.807, 2.05) is 6.92 Å². The molecule has 1 aromatic carbocycles. The second kappa shape index (κ2) is 8.34. The molecule has 2 N–H and O–H groups in total. The summed E-state index contributed by atoms with van der Waals surface area (Å²) in [5, 5.41) is 12.1. The highest BCUT2D eigenvalue weighted by molar-refractivity contribution is 5.83. The van der Waals surface area contributed by atoms with E-state index >= 15 is 0 Å². The van der Waals surface area contributed by atoms with Crippen molar-refractivity contribution in [3.05, 3.63) is 35.4 Å². The van der Waals surface area contributed by atoms with Gasteiger partial charge in [-0.05, 0) is 37.3 Å². The number of alkyl halides is 3. The number of carbonyl (C=O) groups excluding carboxylic acids is 1. The van der Waals surface area contributed by atoms with E-state index in [9.17, 15) is 23.1 Å². The molecule has 0 fully saturated rings. The van der Waals surface area contributed by atoms with Gasteiger partial charge in [0.15, 0.2) is 0 Å². The van der Waals surface area contributed by atoms with Crippen LogP contribution in [0.1, 0.15) is 50.7 Å². The molecule has 1 aromatic rings. The van der Waals surface area contributed by atoms with E-state index in [1.165, 1.54) is 6.07 Å². The highest BCUT2D eigenvalue weighted by Crippen LogP contribution is 2.31. The predicted molar refractivity (Wildman–Crippen MR) is 82.9 cm³/mol. The Bertz CT molecular complexity index is 515. The third kappa shape index (κ3) is 6.22. The van der Waals surface area contributed by atoms with Gasteiger partial charge in [-0.3, -0.25) is 4.79 Å². The van der Waals surface area contributed by atoms with Crippen LogP contribution in [0.25, 0.3) is 0 Å². The zero-order valence-electron chi connectivity index (χ0n) is 13.7. The maximum absolute atomic E-state index is 12.8. The van der Waals surface area contributed by atoms with Gasteiger partial charge in [-0.25, -0.2) is 0 Å². The molecule has 0 saturated heterocycles. The third-order valence-corrected chi connectivity index (χ3v) is 3.71. The van der Waals surface area contributed by atoms with Crippen LogP contribution in [0.3, 0.4) is 0 Å². The first-order valence-corrected chi connectivity index (χ1v) is 7.78. The lowest BCUT2D eigenvalue weighted by Crippen LogP contribution is -2.33. The summed E-state index contributed by atoms with van der Waals surface area (Å²) in [5.41, 5.74) is -0.383. The minimum Gasteiger partial charge on any atom is -0.393 e. The number of nitrogens with one attached hydrogen (secondary N) is 1. The second-order valence-electron chi connectivity index (χ2n) is 6.02. The van der Waals surface area contributed by atoms with Crippen molar-refractivity contribution >= 4 is 5.91 Å². The zero-order valence-corrected chi connectivity index (χ0v) is 13.7. The third-order valence-electron chi connectivity index (χ3n) is 3.71. The standard InChI is InChI=1S/C17H24F3NO2/c1-4-15(16(23)21-10-11(2)8-12(3)22)13-6-5-7-14(9-13)17(18,19)20/h5-7,9,11-12,15,22H,4,8,10H2,1-3H3,(H,21,23). The van der Waals surface area contributed by atoms with Crippen LogP contribution in [0.4, 0.5) is 13.2 Å². The summed E-state index contributed by atoms with van der Waals surface area (Å²) in [6.45, 7) is 5.73. The molecule has 3 nitrogen and oxygen atoms in total. The lowest BCUT2D eigenvalue weighted by atomic mass is 9.93. The maximum atomic E-state index is 12.8. The average molecular weight is 331 g/mol. The van der Waals surface area contributed by atoms with Crippen molar-refractivity contribution in [3.63, 3.8) is 0 Å². The van der Waals surface area contributed by atoms with Crippen molar-refractivity contribution in [2.24, 2.45) is 5.92 Å². The molecule has 3 unspecified atom stereocenters. The number of rotatable bonds is 7. The Morgan fingerprint density at radius 1 is 1.30 bits per heavy atom. The van der Waals surface area contributed by atoms with Crippen LogP contribution < -0.4 is 5.32 Å². The predicted octanol–water partition coefficient (Wildman–Crippen LogP) is 3.72. The van der Waals surface area contributed by atoms with Gasteiger partial charge in [-0.15, -0.1) is 0 Å². The van der Waals surface area contributed by atoms with Gasteiger partial charge in [0.1, 0.15) is 0 Å². The van der Waals surface area contributed by atoms with Crippen molar-refractivity contribution in [2.75, 3.05) is 6.54 Å². The van der Waals surface area contributed by atoms with Crippen molar-refractivity contribution in [1.82, 2.24) is 5.32 Å². The van der Waals surface area contributed by atoms with Crippen LogP contribution in [0, 0.1) is 5.92 Å². The highest BCUT2D eigenvalue weighted by atomic mass is 19.4. The summed E-state index contributed by atoms with van der Waals surface area (Å²) in [5.74, 6) is -0.807. The Balaban J connectivity index is 2.78. The quantitative estimate of drug-likeness (QED) is 0.800. The summed E-state index contributed by atoms with van der Waals surface area (Å²) >= 11 is 0. The van der Waals surface area contributed by atoms with E-state index in [0.717, 1.165) is 12.1 Å². The van der Waals surface area contributed by atoms with Crippen LogP contribution >= 0.6 is 0 Å². The minimum atomic E-state index is -4.42. The molecule has 0 aliphatic carbocycles. The molecular weight excluding hydrogens is 307 g/mol. The molecule has 0 saturated carbocycles. The summed E-state index contributed by atoms with van der Waals surface area (Å²) in [4.78, 5) is 12.3. The molecule has 0 aliphatic rings. The van der Waals surface area contributed by atoms with E-state index < -0.39 is 23.8 Å². The Morgan fingerprint density at radius 2 is 1.96 bits per heavy atom. The fourth-order valence-electron chi connectivity index (χ4n) is 2.57. The van der Waals surface area contributed by atoms with E-state index in [1.54, 1.807) is 19.9 Å². The van der Waals surface area contributed by atoms with Gasteiger partial charge in [0.2, 0.25) is 5.91 Å². The van der Waals surface area contributed by atoms with Crippen molar-refractivity contribution in [3.8, 4) is 0 Å². The molecule has 23 heavy (non-hydrogen) atoms. The number of benzene rings is 1. The number of hydrogen-bond acceptors (Lipinski definition) is 2. The van der Waals surface area contributed by atoms with Gasteiger partial charge < -0.3 is 10.4 Å². The fourth-order valence-corrected chi connectivity index (χ4v) is 2.57. The molecule has 0 radical (unpaired) electrons. The first-order valence-electron chi connectivity index (χ1n) is 7.78. The highest BCUT2D eigenvalue weighted by Gasteiger charge is 2.31. The lowest BCUT2D eigenvalue weighted by Gasteiger charge is -2.19. The van der Waals surface area contributed by atoms with E-state index in [4.69, 9.17) is 0 Å². The van der Waals surface area contributed by atoms with Gasteiger partial charge in [-0.2, -0.15) is 13.2 Å². The lowest BCUT2D eigenvalue weighted by molar-refractivity contribution is -0.137. The van der Waals surface area contributed by atoms with Gasteiger partial charge in [0.25, 0.3) is 0 Å². The molecule has 0 heterocycles. The first kappa shape index (κ1) is 19.5. The van der Waals surface area contributed by atoms with Gasteiger partial charge >= 0.3 is 6.18 Å². The Labute approximate surface area is 134 Å². The molecule has 0 aliphatic heterocycles. The molecule has 1 amide bonds. The number of aliphatic hydroxyl groups excluding tert-OH is 1. The molecule has 1 rings (SSSR count). The SMILES string of the molecule is CCC(C(=O)NCC(C)CC(C)O)c1cccc(C(F)(F)F)c1. The summed E-state index contributed by atoms with van der Waals surface area (Å²) in [6, 6.07) is 4.90. The molecule has 0 aromatic heterocycles. The van der Waals surface area contributed by atoms with E-state index in [0.29, 0.717) is 24.9 Å². The number of hydrogen-bond donors (Lipinski definition) is 2. The van der Waals surface area contributed by atoms with E-state index in [2.05, 4.69) is 5.32 Å².